The summed E-state index contributed by atoms with van der Waals surface area (Å²) in [6.45, 7) is 5.53. The smallest absolute Gasteiger partial charge is 0.407 e. The van der Waals surface area contributed by atoms with Gasteiger partial charge in [0.25, 0.3) is 0 Å². The molecule has 4 N–H and O–H groups in total. The van der Waals surface area contributed by atoms with Crippen molar-refractivity contribution in [2.24, 2.45) is 10.9 Å². The van der Waals surface area contributed by atoms with Crippen molar-refractivity contribution in [1.82, 2.24) is 21.3 Å². The van der Waals surface area contributed by atoms with Crippen LogP contribution in [0.5, 0.6) is 0 Å². The summed E-state index contributed by atoms with van der Waals surface area (Å²) in [5.74, 6) is -0.502. The summed E-state index contributed by atoms with van der Waals surface area (Å²) in [5.41, 5.74) is 5.30. The van der Waals surface area contributed by atoms with Crippen LogP contribution in [0.2, 0.25) is 0 Å². The Bertz CT molecular complexity index is 1430. The fourth-order valence-corrected chi connectivity index (χ4v) is 5.25. The molecular weight excluding hydrogens is 546 g/mol. The first kappa shape index (κ1) is 31.0. The van der Waals surface area contributed by atoms with Gasteiger partial charge in [0.2, 0.25) is 12.0 Å². The number of rotatable bonds is 12. The SMILES string of the molecule is CC(C)C[C@H](NC(=O)OCC1c2ccccc2-c2ccccc21)C(=O)N[C@H](Cc1ccccc1)NC(=O)N[C@H](C)N=C=O. The van der Waals surface area contributed by atoms with Crippen molar-refractivity contribution in [3.63, 3.8) is 0 Å². The fourth-order valence-electron chi connectivity index (χ4n) is 5.25. The quantitative estimate of drug-likeness (QED) is 0.140. The van der Waals surface area contributed by atoms with Gasteiger partial charge < -0.3 is 26.0 Å². The second kappa shape index (κ2) is 14.8. The van der Waals surface area contributed by atoms with Gasteiger partial charge in [-0.15, -0.1) is 0 Å². The van der Waals surface area contributed by atoms with Gasteiger partial charge in [-0.3, -0.25) is 4.79 Å². The maximum absolute atomic E-state index is 13.5. The number of hydrogen-bond acceptors (Lipinski definition) is 6. The van der Waals surface area contributed by atoms with Gasteiger partial charge in [-0.1, -0.05) is 92.7 Å². The molecule has 1 aliphatic carbocycles. The van der Waals surface area contributed by atoms with Crippen LogP contribution in [0.1, 0.15) is 49.8 Å². The highest BCUT2D eigenvalue weighted by atomic mass is 16.5. The number of hydrogen-bond donors (Lipinski definition) is 4. The average Bonchev–Trinajstić information content (AvgIpc) is 3.29. The Kier molecular flexibility index (Phi) is 10.7. The first-order valence-electron chi connectivity index (χ1n) is 14.3. The Hall–Kier alpha value is -4.95. The Morgan fingerprint density at radius 2 is 1.42 bits per heavy atom. The molecule has 4 amide bonds. The van der Waals surface area contributed by atoms with E-state index in [1.54, 1.807) is 0 Å². The lowest BCUT2D eigenvalue weighted by Crippen LogP contribution is -2.57. The van der Waals surface area contributed by atoms with Crippen LogP contribution in [-0.4, -0.2) is 49.1 Å². The third-order valence-electron chi connectivity index (χ3n) is 7.15. The molecular formula is C33H37N5O5. The second-order valence-corrected chi connectivity index (χ2v) is 10.9. The predicted molar refractivity (Wildman–Crippen MR) is 163 cm³/mol. The number of carbonyl (C=O) groups excluding carboxylic acids is 4. The molecule has 0 saturated heterocycles. The van der Waals surface area contributed by atoms with Gasteiger partial charge in [-0.05, 0) is 47.1 Å². The largest absolute Gasteiger partial charge is 0.449 e. The van der Waals surface area contributed by atoms with Crippen molar-refractivity contribution in [3.8, 4) is 11.1 Å². The van der Waals surface area contributed by atoms with E-state index in [0.717, 1.165) is 27.8 Å². The number of aliphatic imine (C=N–C) groups is 1. The van der Waals surface area contributed by atoms with Crippen LogP contribution in [-0.2, 0) is 20.7 Å². The van der Waals surface area contributed by atoms with Gasteiger partial charge in [0.15, 0.2) is 0 Å². The fraction of sp³-hybridized carbons (Fsp3) is 0.333. The Labute approximate surface area is 251 Å². The zero-order valence-electron chi connectivity index (χ0n) is 24.5. The molecule has 4 rings (SSSR count). The highest BCUT2D eigenvalue weighted by Crippen LogP contribution is 2.44. The van der Waals surface area contributed by atoms with Crippen molar-refractivity contribution >= 4 is 24.1 Å². The zero-order valence-corrected chi connectivity index (χ0v) is 24.5. The van der Waals surface area contributed by atoms with Crippen molar-refractivity contribution < 1.29 is 23.9 Å². The number of nitrogens with zero attached hydrogens (tertiary/aromatic N) is 1. The van der Waals surface area contributed by atoms with Gasteiger partial charge in [-0.2, -0.15) is 4.99 Å². The monoisotopic (exact) mass is 583 g/mol. The highest BCUT2D eigenvalue weighted by molar-refractivity contribution is 5.86. The van der Waals surface area contributed by atoms with E-state index in [1.807, 2.05) is 80.6 Å². The van der Waals surface area contributed by atoms with Crippen molar-refractivity contribution in [3.05, 3.63) is 95.6 Å². The third-order valence-corrected chi connectivity index (χ3v) is 7.15. The van der Waals surface area contributed by atoms with Crippen LogP contribution >= 0.6 is 0 Å². The van der Waals surface area contributed by atoms with Crippen molar-refractivity contribution in [1.29, 1.82) is 0 Å². The molecule has 0 unspecified atom stereocenters. The minimum atomic E-state index is -0.905. The van der Waals surface area contributed by atoms with Crippen LogP contribution in [0.4, 0.5) is 9.59 Å². The minimum Gasteiger partial charge on any atom is -0.449 e. The zero-order chi connectivity index (χ0) is 30.8. The lowest BCUT2D eigenvalue weighted by Gasteiger charge is -2.26. The van der Waals surface area contributed by atoms with E-state index in [0.29, 0.717) is 6.42 Å². The molecule has 3 atom stereocenters. The van der Waals surface area contributed by atoms with E-state index in [-0.39, 0.29) is 24.9 Å². The van der Waals surface area contributed by atoms with Crippen molar-refractivity contribution in [2.75, 3.05) is 6.61 Å². The van der Waals surface area contributed by atoms with Gasteiger partial charge in [-0.25, -0.2) is 14.4 Å². The summed E-state index contributed by atoms with van der Waals surface area (Å²) in [5, 5.41) is 10.8. The van der Waals surface area contributed by atoms with Crippen LogP contribution in [0.25, 0.3) is 11.1 Å². The van der Waals surface area contributed by atoms with Crippen LogP contribution in [0, 0.1) is 5.92 Å². The summed E-state index contributed by atoms with van der Waals surface area (Å²) < 4.78 is 5.68. The first-order chi connectivity index (χ1) is 20.7. The molecule has 3 aromatic carbocycles. The van der Waals surface area contributed by atoms with E-state index >= 15 is 0 Å². The van der Waals surface area contributed by atoms with Gasteiger partial charge in [0.1, 0.15) is 25.0 Å². The summed E-state index contributed by atoms with van der Waals surface area (Å²) >= 11 is 0. The van der Waals surface area contributed by atoms with Gasteiger partial charge in [0, 0.05) is 12.3 Å². The second-order valence-electron chi connectivity index (χ2n) is 10.9. The Balaban J connectivity index is 1.42. The number of alkyl carbamates (subject to hydrolysis) is 1. The lowest BCUT2D eigenvalue weighted by atomic mass is 9.98. The summed E-state index contributed by atoms with van der Waals surface area (Å²) in [7, 11) is 0. The van der Waals surface area contributed by atoms with Crippen LogP contribution in [0.3, 0.4) is 0 Å². The molecule has 0 radical (unpaired) electrons. The Morgan fingerprint density at radius 1 is 0.814 bits per heavy atom. The molecule has 0 fully saturated rings. The standard InChI is InChI=1S/C33H37N5O5/c1-21(2)17-29(31(40)37-30(18-23-11-5-4-6-12-23)38-32(41)35-22(3)34-20-39)36-33(42)43-19-28-26-15-9-7-13-24(26)25-14-8-10-16-27(25)28/h4-16,21-22,28-30H,17-19H2,1-3H3,(H,36,42)(H,37,40)(H2,35,38,41)/t22-,29+,30+/m1/s1. The lowest BCUT2D eigenvalue weighted by molar-refractivity contribution is -0.124. The van der Waals surface area contributed by atoms with E-state index in [1.165, 1.54) is 13.0 Å². The summed E-state index contributed by atoms with van der Waals surface area (Å²) in [6.07, 6.45) is -0.282. The first-order valence-corrected chi connectivity index (χ1v) is 14.3. The molecule has 0 bridgehead atoms. The maximum atomic E-state index is 13.5. The molecule has 0 aliphatic heterocycles. The minimum absolute atomic E-state index is 0.0792. The van der Waals surface area contributed by atoms with E-state index in [9.17, 15) is 19.2 Å². The number of carbonyl (C=O) groups is 3. The van der Waals surface area contributed by atoms with Crippen molar-refractivity contribution in [2.45, 2.75) is 57.9 Å². The molecule has 1 aliphatic rings. The van der Waals surface area contributed by atoms with Crippen LogP contribution in [0.15, 0.2) is 83.9 Å². The predicted octanol–water partition coefficient (Wildman–Crippen LogP) is 4.61. The molecule has 0 heterocycles. The molecule has 3 aromatic rings. The normalized spacial score (nSPS) is 13.9. The van der Waals surface area contributed by atoms with E-state index in [4.69, 9.17) is 4.74 Å². The number of urea groups is 1. The number of isocyanates is 1. The van der Waals surface area contributed by atoms with E-state index in [2.05, 4.69) is 38.4 Å². The summed E-state index contributed by atoms with van der Waals surface area (Å²) in [6, 6.07) is 23.9. The molecule has 43 heavy (non-hydrogen) atoms. The summed E-state index contributed by atoms with van der Waals surface area (Å²) in [4.78, 5) is 53.1. The number of nitrogens with one attached hydrogen (secondary N) is 4. The van der Waals surface area contributed by atoms with Crippen LogP contribution < -0.4 is 21.3 Å². The average molecular weight is 584 g/mol. The maximum Gasteiger partial charge on any atom is 0.407 e. The highest BCUT2D eigenvalue weighted by Gasteiger charge is 2.30. The number of benzene rings is 3. The van der Waals surface area contributed by atoms with E-state index < -0.39 is 36.4 Å². The number of ether oxygens (including phenoxy) is 1. The molecule has 0 saturated carbocycles. The molecule has 10 heteroatoms. The molecule has 0 aromatic heterocycles. The third kappa shape index (κ3) is 8.53. The number of fused-ring (bicyclic) bond motifs is 3. The topological polar surface area (TPSA) is 138 Å². The number of amides is 4. The molecule has 0 spiro atoms. The molecule has 10 nitrogen and oxygen atoms in total. The molecule has 224 valence electrons. The Morgan fingerprint density at radius 3 is 2.02 bits per heavy atom. The van der Waals surface area contributed by atoms with Gasteiger partial charge >= 0.3 is 12.1 Å². The van der Waals surface area contributed by atoms with Gasteiger partial charge in [0.05, 0.1) is 0 Å².